The summed E-state index contributed by atoms with van der Waals surface area (Å²) >= 11 is 0. The molecule has 198 valence electrons. The van der Waals surface area contributed by atoms with Crippen LogP contribution in [0.5, 0.6) is 17.4 Å². The lowest BCUT2D eigenvalue weighted by Crippen LogP contribution is -2.15. The maximum Gasteiger partial charge on any atom is 0.266 e. The normalized spacial score (nSPS) is 11.1. The number of hydrogen-bond acceptors (Lipinski definition) is 9. The first-order valence-electron chi connectivity index (χ1n) is 11.6. The molecule has 3 aromatic heterocycles. The van der Waals surface area contributed by atoms with Gasteiger partial charge in [0, 0.05) is 29.6 Å². The highest BCUT2D eigenvalue weighted by Crippen LogP contribution is 2.34. The minimum absolute atomic E-state index is 0.0724. The first-order valence-corrected chi connectivity index (χ1v) is 13.1. The molecule has 0 fully saturated rings. The van der Waals surface area contributed by atoms with Crippen LogP contribution in [0.4, 0.5) is 5.82 Å². The van der Waals surface area contributed by atoms with E-state index in [1.54, 1.807) is 54.5 Å². The van der Waals surface area contributed by atoms with Crippen LogP contribution in [0.15, 0.2) is 76.4 Å². The van der Waals surface area contributed by atoms with E-state index in [0.29, 0.717) is 29.1 Å². The molecule has 0 atom stereocenters. The predicted octanol–water partition coefficient (Wildman–Crippen LogP) is 3.69. The topological polar surface area (TPSA) is 131 Å². The Balaban J connectivity index is 1.47. The summed E-state index contributed by atoms with van der Waals surface area (Å²) in [5.41, 5.74) is 2.11. The highest BCUT2D eigenvalue weighted by atomic mass is 32.2. The van der Waals surface area contributed by atoms with E-state index in [9.17, 15) is 8.42 Å². The maximum atomic E-state index is 13.5. The zero-order valence-electron chi connectivity index (χ0n) is 21.2. The van der Waals surface area contributed by atoms with E-state index >= 15 is 0 Å². The number of rotatable bonds is 8. The zero-order chi connectivity index (χ0) is 27.4. The number of pyridine rings is 1. The second-order valence-corrected chi connectivity index (χ2v) is 9.83. The average Bonchev–Trinajstić information content (AvgIpc) is 3.61. The number of hydrogen-bond donors (Lipinski definition) is 1. The monoisotopic (exact) mass is 545 g/mol. The molecule has 0 aliphatic heterocycles. The van der Waals surface area contributed by atoms with Crippen LogP contribution in [0.3, 0.4) is 0 Å². The summed E-state index contributed by atoms with van der Waals surface area (Å²) in [5.74, 6) is 6.93. The van der Waals surface area contributed by atoms with Crippen LogP contribution >= 0.6 is 0 Å². The molecule has 0 aliphatic rings. The minimum Gasteiger partial charge on any atom is -0.497 e. The van der Waals surface area contributed by atoms with Gasteiger partial charge < -0.3 is 18.7 Å². The van der Waals surface area contributed by atoms with Crippen molar-refractivity contribution >= 4 is 26.8 Å². The third kappa shape index (κ3) is 5.48. The fourth-order valence-electron chi connectivity index (χ4n) is 3.80. The van der Waals surface area contributed by atoms with Crippen molar-refractivity contribution in [2.24, 2.45) is 0 Å². The van der Waals surface area contributed by atoms with Crippen molar-refractivity contribution in [1.82, 2.24) is 19.9 Å². The molecule has 0 bridgehead atoms. The standard InChI is InChI=1S/C27H23N5O6S/c1-35-21-10-7-18(8-11-21)5-6-19-9-12-22(36-2)24(15-19)39(33,34)31-26-25-23(38-30-26)16-20(29-27(25)37-3)17-32-14-4-13-28-32/h4,7-16H,17H2,1-3H3,(H,30,31). The van der Waals surface area contributed by atoms with E-state index in [1.807, 2.05) is 12.1 Å². The molecule has 0 saturated heterocycles. The van der Waals surface area contributed by atoms with Gasteiger partial charge in [-0.1, -0.05) is 17.0 Å². The zero-order valence-corrected chi connectivity index (χ0v) is 22.0. The number of nitrogens with zero attached hydrogens (tertiary/aromatic N) is 4. The highest BCUT2D eigenvalue weighted by molar-refractivity contribution is 7.92. The quantitative estimate of drug-likeness (QED) is 0.290. The molecule has 39 heavy (non-hydrogen) atoms. The van der Waals surface area contributed by atoms with Gasteiger partial charge >= 0.3 is 0 Å². The summed E-state index contributed by atoms with van der Waals surface area (Å²) in [5, 5.41) is 8.38. The van der Waals surface area contributed by atoms with E-state index in [4.69, 9.17) is 18.7 Å². The molecule has 1 N–H and O–H groups in total. The van der Waals surface area contributed by atoms with Gasteiger partial charge in [-0.3, -0.25) is 9.40 Å². The van der Waals surface area contributed by atoms with Crippen molar-refractivity contribution in [3.8, 4) is 29.2 Å². The summed E-state index contributed by atoms with van der Waals surface area (Å²) < 4.78 is 52.5. The maximum absolute atomic E-state index is 13.5. The highest BCUT2D eigenvalue weighted by Gasteiger charge is 2.25. The second-order valence-electron chi connectivity index (χ2n) is 8.18. The number of sulfonamides is 1. The Morgan fingerprint density at radius 1 is 0.974 bits per heavy atom. The molecule has 11 nitrogen and oxygen atoms in total. The summed E-state index contributed by atoms with van der Waals surface area (Å²) in [6, 6.07) is 15.3. The summed E-state index contributed by atoms with van der Waals surface area (Å²) in [6.45, 7) is 0.364. The lowest BCUT2D eigenvalue weighted by atomic mass is 10.1. The Morgan fingerprint density at radius 2 is 1.74 bits per heavy atom. The molecule has 2 aromatic carbocycles. The summed E-state index contributed by atoms with van der Waals surface area (Å²) in [7, 11) is 0.214. The molecule has 0 amide bonds. The minimum atomic E-state index is -4.19. The first kappa shape index (κ1) is 25.6. The fraction of sp³-hybridized carbons (Fsp3) is 0.148. The molecule has 0 saturated carbocycles. The Hall–Kier alpha value is -5.02. The number of aromatic nitrogens is 4. The molecule has 5 aromatic rings. The van der Waals surface area contributed by atoms with E-state index in [1.165, 1.54) is 26.4 Å². The number of methoxy groups -OCH3 is 3. The number of nitrogens with one attached hydrogen (secondary N) is 1. The van der Waals surface area contributed by atoms with Crippen LogP contribution in [-0.2, 0) is 16.6 Å². The van der Waals surface area contributed by atoms with E-state index in [-0.39, 0.29) is 27.7 Å². The van der Waals surface area contributed by atoms with Gasteiger partial charge in [-0.15, -0.1) is 0 Å². The van der Waals surface area contributed by atoms with Gasteiger partial charge in [-0.05, 0) is 48.5 Å². The second kappa shape index (κ2) is 10.8. The van der Waals surface area contributed by atoms with Crippen molar-refractivity contribution in [2.75, 3.05) is 26.1 Å². The molecular formula is C27H23N5O6S. The Bertz CT molecular complexity index is 1790. The fourth-order valence-corrected chi connectivity index (χ4v) is 5.00. The molecule has 5 rings (SSSR count). The molecule has 0 aliphatic carbocycles. The van der Waals surface area contributed by atoms with Gasteiger partial charge in [-0.25, -0.2) is 13.4 Å². The van der Waals surface area contributed by atoms with Gasteiger partial charge in [0.2, 0.25) is 5.88 Å². The van der Waals surface area contributed by atoms with E-state index in [0.717, 1.165) is 5.56 Å². The molecule has 0 unspecified atom stereocenters. The van der Waals surface area contributed by atoms with Crippen LogP contribution < -0.4 is 18.9 Å². The predicted molar refractivity (Wildman–Crippen MR) is 142 cm³/mol. The van der Waals surface area contributed by atoms with Crippen molar-refractivity contribution in [3.63, 3.8) is 0 Å². The summed E-state index contributed by atoms with van der Waals surface area (Å²) in [6.07, 6.45) is 3.45. The Kier molecular flexibility index (Phi) is 7.07. The van der Waals surface area contributed by atoms with E-state index < -0.39 is 10.0 Å². The van der Waals surface area contributed by atoms with Crippen molar-refractivity contribution in [1.29, 1.82) is 0 Å². The van der Waals surface area contributed by atoms with Gasteiger partial charge in [-0.2, -0.15) is 5.10 Å². The third-order valence-corrected chi connectivity index (χ3v) is 7.04. The van der Waals surface area contributed by atoms with E-state index in [2.05, 4.69) is 31.8 Å². The Morgan fingerprint density at radius 3 is 2.44 bits per heavy atom. The lowest BCUT2D eigenvalue weighted by Gasteiger charge is -2.11. The Labute approximate surface area is 224 Å². The first-order chi connectivity index (χ1) is 18.9. The SMILES string of the molecule is COc1ccc(C#Cc2ccc(OC)c(S(=O)(=O)Nc3noc4cc(Cn5cccn5)nc(OC)c34)c2)cc1. The van der Waals surface area contributed by atoms with Crippen LogP contribution in [0.25, 0.3) is 11.0 Å². The molecule has 12 heteroatoms. The van der Waals surface area contributed by atoms with Crippen molar-refractivity contribution < 1.29 is 27.2 Å². The van der Waals surface area contributed by atoms with Gasteiger partial charge in [0.05, 0.1) is 33.6 Å². The molecular weight excluding hydrogens is 522 g/mol. The number of ether oxygens (including phenoxy) is 3. The van der Waals surface area contributed by atoms with Crippen LogP contribution in [0.2, 0.25) is 0 Å². The van der Waals surface area contributed by atoms with Crippen molar-refractivity contribution in [2.45, 2.75) is 11.4 Å². The molecule has 0 spiro atoms. The number of fused-ring (bicyclic) bond motifs is 1. The lowest BCUT2D eigenvalue weighted by molar-refractivity contribution is 0.400. The van der Waals surface area contributed by atoms with Crippen LogP contribution in [-0.4, -0.2) is 49.7 Å². The smallest absolute Gasteiger partial charge is 0.266 e. The number of anilines is 1. The van der Waals surface area contributed by atoms with Gasteiger partial charge in [0.1, 0.15) is 21.8 Å². The van der Waals surface area contributed by atoms with Crippen LogP contribution in [0, 0.1) is 11.8 Å². The average molecular weight is 546 g/mol. The summed E-state index contributed by atoms with van der Waals surface area (Å²) in [4.78, 5) is 4.35. The molecule has 0 radical (unpaired) electrons. The van der Waals surface area contributed by atoms with Crippen molar-refractivity contribution in [3.05, 3.63) is 83.8 Å². The number of benzene rings is 2. The van der Waals surface area contributed by atoms with Crippen LogP contribution in [0.1, 0.15) is 16.8 Å². The third-order valence-electron chi connectivity index (χ3n) is 5.68. The van der Waals surface area contributed by atoms with Gasteiger partial charge in [0.25, 0.3) is 10.0 Å². The van der Waals surface area contributed by atoms with Gasteiger partial charge in [0.15, 0.2) is 11.4 Å². The molecule has 3 heterocycles. The largest absolute Gasteiger partial charge is 0.497 e.